The van der Waals surface area contributed by atoms with E-state index < -0.39 is 0 Å². The minimum atomic E-state index is 0.777. The van der Waals surface area contributed by atoms with E-state index in [-0.39, 0.29) is 0 Å². The van der Waals surface area contributed by atoms with Crippen molar-refractivity contribution in [1.29, 1.82) is 0 Å². The van der Waals surface area contributed by atoms with Crippen molar-refractivity contribution in [3.8, 4) is 5.82 Å². The second kappa shape index (κ2) is 3.40. The van der Waals surface area contributed by atoms with Crippen LogP contribution in [0.15, 0.2) is 48.5 Å². The zero-order valence-corrected chi connectivity index (χ0v) is 9.41. The van der Waals surface area contributed by atoms with Gasteiger partial charge in [-0.1, -0.05) is 29.5 Å². The molecule has 2 heterocycles. The lowest BCUT2D eigenvalue weighted by atomic mass is 10.2. The van der Waals surface area contributed by atoms with Crippen LogP contribution >= 0.6 is 0 Å². The molecule has 0 fully saturated rings. The molecule has 0 radical (unpaired) electrons. The molecular weight excluding hydrogens is 226 g/mol. The molecule has 0 aliphatic rings. The molecule has 2 aromatic carbocycles. The highest BCUT2D eigenvalue weighted by atomic mass is 15.5. The molecule has 4 aromatic rings. The number of hydrogen-bond donors (Lipinski definition) is 1. The smallest absolute Gasteiger partial charge is 0.185 e. The number of fused-ring (bicyclic) bond motifs is 2. The zero-order chi connectivity index (χ0) is 11.9. The van der Waals surface area contributed by atoms with Crippen LogP contribution in [0.1, 0.15) is 0 Å². The number of hydrogen-bond acceptors (Lipinski definition) is 3. The fraction of sp³-hybridized carbons (Fsp3) is 0. The minimum Gasteiger partial charge on any atom is -0.276 e. The highest BCUT2D eigenvalue weighted by molar-refractivity contribution is 5.88. The summed E-state index contributed by atoms with van der Waals surface area (Å²) in [5.74, 6) is 0.777. The molecule has 0 atom stereocenters. The maximum Gasteiger partial charge on any atom is 0.185 e. The van der Waals surface area contributed by atoms with Gasteiger partial charge in [0.25, 0.3) is 0 Å². The number of H-pyrrole nitrogens is 1. The van der Waals surface area contributed by atoms with Gasteiger partial charge in [-0.25, -0.2) is 0 Å². The number of aromatic nitrogens is 5. The molecule has 18 heavy (non-hydrogen) atoms. The van der Waals surface area contributed by atoms with Crippen molar-refractivity contribution in [3.63, 3.8) is 0 Å². The second-order valence-electron chi connectivity index (χ2n) is 4.08. The van der Waals surface area contributed by atoms with Gasteiger partial charge >= 0.3 is 0 Å². The van der Waals surface area contributed by atoms with Crippen LogP contribution < -0.4 is 0 Å². The molecular formula is C13H9N5. The Kier molecular flexibility index (Phi) is 1.77. The summed E-state index contributed by atoms with van der Waals surface area (Å²) in [6, 6.07) is 15.8. The summed E-state index contributed by atoms with van der Waals surface area (Å²) in [5.41, 5.74) is 2.81. The molecule has 0 bridgehead atoms. The van der Waals surface area contributed by atoms with E-state index in [1.807, 2.05) is 48.5 Å². The normalized spacial score (nSPS) is 11.3. The van der Waals surface area contributed by atoms with E-state index in [1.165, 1.54) is 0 Å². The third-order valence-electron chi connectivity index (χ3n) is 3.00. The molecule has 0 saturated heterocycles. The molecule has 1 N–H and O–H groups in total. The number of benzene rings is 2. The lowest BCUT2D eigenvalue weighted by Gasteiger charge is -1.97. The van der Waals surface area contributed by atoms with Gasteiger partial charge in [-0.3, -0.25) is 5.10 Å². The Morgan fingerprint density at radius 1 is 0.944 bits per heavy atom. The quantitative estimate of drug-likeness (QED) is 0.550. The van der Waals surface area contributed by atoms with Gasteiger partial charge in [0, 0.05) is 5.39 Å². The zero-order valence-electron chi connectivity index (χ0n) is 9.41. The van der Waals surface area contributed by atoms with Gasteiger partial charge in [0.15, 0.2) is 5.82 Å². The first-order chi connectivity index (χ1) is 8.93. The van der Waals surface area contributed by atoms with Crippen molar-refractivity contribution in [2.45, 2.75) is 0 Å². The van der Waals surface area contributed by atoms with Crippen LogP contribution in [0.2, 0.25) is 0 Å². The Morgan fingerprint density at radius 2 is 1.78 bits per heavy atom. The van der Waals surface area contributed by atoms with Crippen molar-refractivity contribution in [2.75, 3.05) is 0 Å². The number of rotatable bonds is 1. The molecule has 86 valence electrons. The van der Waals surface area contributed by atoms with Crippen LogP contribution in [-0.4, -0.2) is 25.2 Å². The summed E-state index contributed by atoms with van der Waals surface area (Å²) in [5, 5.41) is 16.7. The molecule has 0 aliphatic heterocycles. The van der Waals surface area contributed by atoms with Gasteiger partial charge < -0.3 is 0 Å². The third kappa shape index (κ3) is 1.18. The van der Waals surface area contributed by atoms with Crippen molar-refractivity contribution >= 4 is 21.9 Å². The fourth-order valence-corrected chi connectivity index (χ4v) is 2.14. The lowest BCUT2D eigenvalue weighted by molar-refractivity contribution is 0.799. The van der Waals surface area contributed by atoms with E-state index >= 15 is 0 Å². The van der Waals surface area contributed by atoms with E-state index in [0.29, 0.717) is 0 Å². The average Bonchev–Trinajstić information content (AvgIpc) is 3.01. The van der Waals surface area contributed by atoms with Gasteiger partial charge in [-0.2, -0.15) is 9.78 Å². The highest BCUT2D eigenvalue weighted by Gasteiger charge is 2.11. The van der Waals surface area contributed by atoms with Crippen LogP contribution in [0, 0.1) is 0 Å². The molecule has 5 heteroatoms. The van der Waals surface area contributed by atoms with Crippen molar-refractivity contribution < 1.29 is 0 Å². The molecule has 0 amide bonds. The number of nitrogens with zero attached hydrogens (tertiary/aromatic N) is 4. The predicted octanol–water partition coefficient (Wildman–Crippen LogP) is 2.30. The molecule has 0 saturated carbocycles. The summed E-state index contributed by atoms with van der Waals surface area (Å²) in [6.07, 6.45) is 0. The molecule has 0 unspecified atom stereocenters. The molecule has 5 nitrogen and oxygen atoms in total. The third-order valence-corrected chi connectivity index (χ3v) is 3.00. The number of aromatic amines is 1. The maximum absolute atomic E-state index is 4.32. The Balaban J connectivity index is 2.08. The second-order valence-corrected chi connectivity index (χ2v) is 4.08. The lowest BCUT2D eigenvalue weighted by Crippen LogP contribution is -1.97. The summed E-state index contributed by atoms with van der Waals surface area (Å²) < 4.78 is 1.76. The topological polar surface area (TPSA) is 59.4 Å². The molecule has 0 aliphatic carbocycles. The van der Waals surface area contributed by atoms with E-state index in [1.54, 1.807) is 4.68 Å². The Bertz CT molecular complexity index is 770. The van der Waals surface area contributed by atoms with E-state index in [2.05, 4.69) is 20.5 Å². The van der Waals surface area contributed by atoms with Crippen molar-refractivity contribution in [2.24, 2.45) is 0 Å². The first kappa shape index (κ1) is 9.35. The van der Waals surface area contributed by atoms with Gasteiger partial charge in [0.05, 0.1) is 11.0 Å². The van der Waals surface area contributed by atoms with Gasteiger partial charge in [0.2, 0.25) is 0 Å². The molecule has 2 aromatic heterocycles. The van der Waals surface area contributed by atoms with E-state index in [9.17, 15) is 0 Å². The summed E-state index contributed by atoms with van der Waals surface area (Å²) in [7, 11) is 0. The summed E-state index contributed by atoms with van der Waals surface area (Å²) in [4.78, 5) is 0. The van der Waals surface area contributed by atoms with Crippen molar-refractivity contribution in [1.82, 2.24) is 25.2 Å². The van der Waals surface area contributed by atoms with Crippen LogP contribution in [0.3, 0.4) is 0 Å². The largest absolute Gasteiger partial charge is 0.276 e. The first-order valence-corrected chi connectivity index (χ1v) is 5.67. The van der Waals surface area contributed by atoms with Gasteiger partial charge in [0.1, 0.15) is 5.52 Å². The monoisotopic (exact) mass is 235 g/mol. The summed E-state index contributed by atoms with van der Waals surface area (Å²) in [6.45, 7) is 0. The van der Waals surface area contributed by atoms with E-state index in [4.69, 9.17) is 0 Å². The van der Waals surface area contributed by atoms with Crippen LogP contribution in [0.4, 0.5) is 0 Å². The highest BCUT2D eigenvalue weighted by Crippen LogP contribution is 2.21. The van der Waals surface area contributed by atoms with E-state index in [0.717, 1.165) is 27.8 Å². The van der Waals surface area contributed by atoms with Crippen LogP contribution in [0.5, 0.6) is 0 Å². The first-order valence-electron chi connectivity index (χ1n) is 5.67. The Labute approximate surface area is 102 Å². The van der Waals surface area contributed by atoms with Crippen LogP contribution in [0.25, 0.3) is 27.8 Å². The van der Waals surface area contributed by atoms with Gasteiger partial charge in [-0.05, 0) is 24.3 Å². The number of nitrogens with one attached hydrogen (secondary N) is 1. The SMILES string of the molecule is c1ccc2c(c1)nnn2-c1n[nH]c2ccccc12. The minimum absolute atomic E-state index is 0.777. The Hall–Kier alpha value is -2.69. The molecule has 4 rings (SSSR count). The standard InChI is InChI=1S/C13H9N5/c1-2-6-10-9(5-1)13(16-14-10)18-12-8-4-3-7-11(12)15-17-18/h1-8H,(H,14,16). The van der Waals surface area contributed by atoms with Crippen molar-refractivity contribution in [3.05, 3.63) is 48.5 Å². The summed E-state index contributed by atoms with van der Waals surface area (Å²) >= 11 is 0. The van der Waals surface area contributed by atoms with Gasteiger partial charge in [-0.15, -0.1) is 5.10 Å². The average molecular weight is 235 g/mol. The van der Waals surface area contributed by atoms with Crippen LogP contribution in [-0.2, 0) is 0 Å². The molecule has 0 spiro atoms. The fourth-order valence-electron chi connectivity index (χ4n) is 2.14. The Morgan fingerprint density at radius 3 is 2.78 bits per heavy atom. The predicted molar refractivity (Wildman–Crippen MR) is 68.5 cm³/mol. The number of para-hydroxylation sites is 2. The maximum atomic E-state index is 4.32.